The first kappa shape index (κ1) is 32.0. The van der Waals surface area contributed by atoms with Gasteiger partial charge in [-0.15, -0.1) is 0 Å². The monoisotopic (exact) mass is 615 g/mol. The summed E-state index contributed by atoms with van der Waals surface area (Å²) in [7, 11) is -4.30. The van der Waals surface area contributed by atoms with Crippen LogP contribution in [0.1, 0.15) is 31.9 Å². The molecule has 210 valence electrons. The lowest BCUT2D eigenvalue weighted by atomic mass is 10.1. The van der Waals surface area contributed by atoms with Crippen LogP contribution in [0.2, 0.25) is 15.1 Å². The van der Waals surface area contributed by atoms with Gasteiger partial charge < -0.3 is 10.2 Å². The van der Waals surface area contributed by atoms with Gasteiger partial charge in [0.25, 0.3) is 0 Å². The molecule has 0 unspecified atom stereocenters. The normalized spacial score (nSPS) is 12.8. The Morgan fingerprint density at radius 1 is 1.00 bits per heavy atom. The van der Waals surface area contributed by atoms with Crippen molar-refractivity contribution in [1.82, 2.24) is 10.2 Å². The van der Waals surface area contributed by atoms with Crippen molar-refractivity contribution in [3.8, 4) is 0 Å². The Hall–Kier alpha value is -2.21. The number of sulfonamides is 1. The third-order valence-corrected chi connectivity index (χ3v) is 7.46. The van der Waals surface area contributed by atoms with Crippen molar-refractivity contribution in [1.29, 1.82) is 0 Å². The van der Waals surface area contributed by atoms with Crippen LogP contribution in [0.3, 0.4) is 0 Å². The zero-order valence-electron chi connectivity index (χ0n) is 20.9. The first-order valence-corrected chi connectivity index (χ1v) is 14.3. The lowest BCUT2D eigenvalue weighted by molar-refractivity contribution is -0.139. The summed E-state index contributed by atoms with van der Waals surface area (Å²) in [4.78, 5) is 27.5. The van der Waals surface area contributed by atoms with E-state index >= 15 is 0 Å². The predicted molar refractivity (Wildman–Crippen MR) is 143 cm³/mol. The highest BCUT2D eigenvalue weighted by atomic mass is 35.5. The summed E-state index contributed by atoms with van der Waals surface area (Å²) < 4.78 is 65.7. The molecule has 0 radical (unpaired) electrons. The van der Waals surface area contributed by atoms with Crippen LogP contribution in [-0.4, -0.2) is 50.5 Å². The summed E-state index contributed by atoms with van der Waals surface area (Å²) in [6.07, 6.45) is -4.05. The molecule has 0 aliphatic carbocycles. The van der Waals surface area contributed by atoms with Gasteiger partial charge in [0, 0.05) is 23.1 Å². The Bertz CT molecular complexity index is 1290. The Morgan fingerprint density at radius 2 is 1.63 bits per heavy atom. The van der Waals surface area contributed by atoms with E-state index in [0.29, 0.717) is 33.6 Å². The van der Waals surface area contributed by atoms with Crippen molar-refractivity contribution in [2.75, 3.05) is 23.7 Å². The zero-order chi connectivity index (χ0) is 29.0. The summed E-state index contributed by atoms with van der Waals surface area (Å²) in [5.74, 6) is -1.27. The van der Waals surface area contributed by atoms with Crippen LogP contribution in [0, 0.1) is 5.92 Å². The third kappa shape index (κ3) is 8.65. The Balaban J connectivity index is 2.51. The van der Waals surface area contributed by atoms with Crippen molar-refractivity contribution < 1.29 is 31.2 Å². The number of hydrogen-bond acceptors (Lipinski definition) is 4. The fourth-order valence-electron chi connectivity index (χ4n) is 3.34. The molecule has 0 saturated heterocycles. The highest BCUT2D eigenvalue weighted by Gasteiger charge is 2.34. The summed E-state index contributed by atoms with van der Waals surface area (Å²) in [5.41, 5.74) is -1.26. The van der Waals surface area contributed by atoms with E-state index in [0.717, 1.165) is 17.2 Å². The van der Waals surface area contributed by atoms with Crippen LogP contribution in [0.5, 0.6) is 0 Å². The van der Waals surface area contributed by atoms with Crippen molar-refractivity contribution in [3.05, 3.63) is 62.6 Å². The number of carbonyl (C=O) groups excluding carboxylic acids is 2. The van der Waals surface area contributed by atoms with Crippen LogP contribution < -0.4 is 9.62 Å². The minimum atomic E-state index is -4.78. The molecule has 0 aromatic heterocycles. The van der Waals surface area contributed by atoms with E-state index in [9.17, 15) is 31.2 Å². The predicted octanol–water partition coefficient (Wildman–Crippen LogP) is 5.62. The number of nitrogens with zero attached hydrogens (tertiary/aromatic N) is 2. The molecule has 0 saturated carbocycles. The second-order valence-corrected chi connectivity index (χ2v) is 12.2. The molecule has 0 aliphatic rings. The highest BCUT2D eigenvalue weighted by Crippen LogP contribution is 2.36. The molecular weight excluding hydrogens is 590 g/mol. The smallest absolute Gasteiger partial charge is 0.354 e. The van der Waals surface area contributed by atoms with Crippen molar-refractivity contribution >= 4 is 62.3 Å². The molecule has 0 fully saturated rings. The molecule has 1 atom stereocenters. The Labute approximate surface area is 234 Å². The van der Waals surface area contributed by atoms with E-state index in [-0.39, 0.29) is 22.5 Å². The molecule has 14 heteroatoms. The van der Waals surface area contributed by atoms with Crippen LogP contribution in [0.25, 0.3) is 0 Å². The second-order valence-electron chi connectivity index (χ2n) is 9.01. The van der Waals surface area contributed by atoms with Gasteiger partial charge in [-0.2, -0.15) is 13.2 Å². The largest absolute Gasteiger partial charge is 0.416 e. The summed E-state index contributed by atoms with van der Waals surface area (Å²) >= 11 is 18.3. The molecule has 0 spiro atoms. The Kier molecular flexibility index (Phi) is 10.7. The first-order chi connectivity index (χ1) is 17.4. The van der Waals surface area contributed by atoms with Crippen LogP contribution >= 0.6 is 34.8 Å². The van der Waals surface area contributed by atoms with Gasteiger partial charge in [0.05, 0.1) is 22.5 Å². The summed E-state index contributed by atoms with van der Waals surface area (Å²) in [6, 6.07) is 5.57. The van der Waals surface area contributed by atoms with Crippen LogP contribution in [0.15, 0.2) is 36.4 Å². The standard InChI is InChI=1S/C24H27Cl3F3N3O4S/c1-14(2)11-31-23(35)15(3)32(12-16-5-7-18(25)10-20(16)27)22(34)13-33(38(4,36)37)21-9-17(24(28,29)30)6-8-19(21)26/h5-10,14-15H,11-13H2,1-4H3,(H,31,35)/t15-/m1/s1. The molecule has 0 bridgehead atoms. The second kappa shape index (κ2) is 12.8. The van der Waals surface area contributed by atoms with E-state index in [1.807, 2.05) is 13.8 Å². The van der Waals surface area contributed by atoms with Gasteiger partial charge in [0.2, 0.25) is 21.8 Å². The minimum absolute atomic E-state index is 0.116. The topological polar surface area (TPSA) is 86.8 Å². The van der Waals surface area contributed by atoms with Crippen LogP contribution in [-0.2, 0) is 32.3 Å². The maximum absolute atomic E-state index is 13.5. The number of halogens is 6. The zero-order valence-corrected chi connectivity index (χ0v) is 24.0. The molecule has 2 aromatic rings. The van der Waals surface area contributed by atoms with E-state index < -0.39 is 51.9 Å². The van der Waals surface area contributed by atoms with Gasteiger partial charge in [-0.1, -0.05) is 54.7 Å². The number of carbonyl (C=O) groups is 2. The van der Waals surface area contributed by atoms with Gasteiger partial charge in [-0.25, -0.2) is 8.42 Å². The fraction of sp³-hybridized carbons (Fsp3) is 0.417. The molecule has 7 nitrogen and oxygen atoms in total. The fourth-order valence-corrected chi connectivity index (χ4v) is 4.93. The number of anilines is 1. The van der Waals surface area contributed by atoms with Gasteiger partial charge >= 0.3 is 6.18 Å². The lowest BCUT2D eigenvalue weighted by Crippen LogP contribution is -2.51. The molecule has 2 aromatic carbocycles. The van der Waals surface area contributed by atoms with Crippen LogP contribution in [0.4, 0.5) is 18.9 Å². The number of rotatable bonds is 10. The van der Waals surface area contributed by atoms with Crippen molar-refractivity contribution in [2.24, 2.45) is 5.92 Å². The maximum atomic E-state index is 13.5. The average Bonchev–Trinajstić information content (AvgIpc) is 2.79. The molecular formula is C24H27Cl3F3N3O4S. The average molecular weight is 617 g/mol. The minimum Gasteiger partial charge on any atom is -0.354 e. The first-order valence-electron chi connectivity index (χ1n) is 11.3. The summed E-state index contributed by atoms with van der Waals surface area (Å²) in [6.45, 7) is 4.39. The molecule has 2 rings (SSSR count). The highest BCUT2D eigenvalue weighted by molar-refractivity contribution is 7.92. The number of nitrogens with one attached hydrogen (secondary N) is 1. The van der Waals surface area contributed by atoms with E-state index in [1.165, 1.54) is 19.1 Å². The summed E-state index contributed by atoms with van der Waals surface area (Å²) in [5, 5.41) is 2.93. The molecule has 0 heterocycles. The van der Waals surface area contributed by atoms with E-state index in [4.69, 9.17) is 34.8 Å². The van der Waals surface area contributed by atoms with E-state index in [2.05, 4.69) is 5.32 Å². The van der Waals surface area contributed by atoms with Gasteiger partial charge in [0.15, 0.2) is 0 Å². The lowest BCUT2D eigenvalue weighted by Gasteiger charge is -2.32. The third-order valence-electron chi connectivity index (χ3n) is 5.43. The van der Waals surface area contributed by atoms with Crippen molar-refractivity contribution in [3.63, 3.8) is 0 Å². The van der Waals surface area contributed by atoms with E-state index in [1.54, 1.807) is 6.07 Å². The van der Waals surface area contributed by atoms with Gasteiger partial charge in [0.1, 0.15) is 12.6 Å². The number of benzene rings is 2. The molecule has 2 amide bonds. The molecule has 0 aliphatic heterocycles. The quantitative estimate of drug-likeness (QED) is 0.376. The SMILES string of the molecule is CC(C)CNC(=O)[C@@H](C)N(Cc1ccc(Cl)cc1Cl)C(=O)CN(c1cc(C(F)(F)F)ccc1Cl)S(C)(=O)=O. The van der Waals surface area contributed by atoms with Crippen molar-refractivity contribution in [2.45, 2.75) is 39.5 Å². The Morgan fingerprint density at radius 3 is 2.16 bits per heavy atom. The molecule has 1 N–H and O–H groups in total. The number of amides is 2. The number of alkyl halides is 3. The number of hydrogen-bond donors (Lipinski definition) is 1. The molecule has 38 heavy (non-hydrogen) atoms. The van der Waals surface area contributed by atoms with Gasteiger partial charge in [-0.3, -0.25) is 13.9 Å². The maximum Gasteiger partial charge on any atom is 0.416 e. The van der Waals surface area contributed by atoms with Gasteiger partial charge in [-0.05, 0) is 48.7 Å².